The molecule has 3 rings (SSSR count). The summed E-state index contributed by atoms with van der Waals surface area (Å²) in [6.07, 6.45) is 2.45. The predicted octanol–water partition coefficient (Wildman–Crippen LogP) is 4.81. The third-order valence-corrected chi connectivity index (χ3v) is 4.10. The Balaban J connectivity index is 1.78. The lowest BCUT2D eigenvalue weighted by Gasteiger charge is -2.19. The number of fused-ring (bicyclic) bond motifs is 1. The molecular weight excluding hydrogens is 294 g/mol. The monoisotopic (exact) mass is 308 g/mol. The molecule has 0 saturated heterocycles. The van der Waals surface area contributed by atoms with Crippen LogP contribution in [0.5, 0.6) is 5.75 Å². The molecule has 0 aromatic heterocycles. The van der Waals surface area contributed by atoms with Crippen molar-refractivity contribution >= 4 is 11.6 Å². The van der Waals surface area contributed by atoms with Gasteiger partial charge in [-0.3, -0.25) is 0 Å². The molecule has 4 heteroatoms. The van der Waals surface area contributed by atoms with Crippen molar-refractivity contribution in [1.82, 2.24) is 0 Å². The molecule has 0 saturated carbocycles. The highest BCUT2D eigenvalue weighted by atomic mass is 35.5. The summed E-state index contributed by atoms with van der Waals surface area (Å²) in [7, 11) is 0. The van der Waals surface area contributed by atoms with Gasteiger partial charge in [0.05, 0.1) is 12.0 Å². The van der Waals surface area contributed by atoms with E-state index in [4.69, 9.17) is 16.3 Å². The van der Waals surface area contributed by atoms with Gasteiger partial charge in [0.25, 0.3) is 0 Å². The molecule has 2 aromatic carbocycles. The van der Waals surface area contributed by atoms with Crippen LogP contribution < -0.4 is 4.74 Å². The third kappa shape index (κ3) is 3.18. The molecule has 21 heavy (non-hydrogen) atoms. The van der Waals surface area contributed by atoms with Crippen LogP contribution in [0.2, 0.25) is 0 Å². The van der Waals surface area contributed by atoms with E-state index in [0.29, 0.717) is 12.0 Å². The Bertz CT molecular complexity index is 657. The standard InChI is InChI=1S/C17H15ClF2O/c18-14(8-11-3-5-15(19)16(20)9-11)12-4-6-17-13(10-12)2-1-7-21-17/h3-6,9-10,14H,1-2,7-8H2. The highest BCUT2D eigenvalue weighted by molar-refractivity contribution is 6.20. The Morgan fingerprint density at radius 2 is 1.95 bits per heavy atom. The number of hydrogen-bond donors (Lipinski definition) is 0. The molecule has 1 unspecified atom stereocenters. The molecule has 0 amide bonds. The van der Waals surface area contributed by atoms with E-state index in [2.05, 4.69) is 0 Å². The van der Waals surface area contributed by atoms with Crippen molar-refractivity contribution in [2.45, 2.75) is 24.6 Å². The molecule has 0 fully saturated rings. The largest absolute Gasteiger partial charge is 0.493 e. The van der Waals surface area contributed by atoms with E-state index in [9.17, 15) is 8.78 Å². The van der Waals surface area contributed by atoms with Crippen LogP contribution in [0.15, 0.2) is 36.4 Å². The zero-order chi connectivity index (χ0) is 14.8. The van der Waals surface area contributed by atoms with Gasteiger partial charge in [0.2, 0.25) is 0 Å². The van der Waals surface area contributed by atoms with Gasteiger partial charge in [-0.2, -0.15) is 0 Å². The molecule has 0 bridgehead atoms. The quantitative estimate of drug-likeness (QED) is 0.739. The molecule has 1 atom stereocenters. The van der Waals surface area contributed by atoms with Crippen molar-refractivity contribution in [3.8, 4) is 5.75 Å². The lowest BCUT2D eigenvalue weighted by atomic mass is 9.98. The minimum absolute atomic E-state index is 0.276. The second-order valence-corrected chi connectivity index (χ2v) is 5.77. The Kier molecular flexibility index (Phi) is 4.11. The Hall–Kier alpha value is -1.61. The maximum atomic E-state index is 13.2. The second kappa shape index (κ2) is 6.02. The van der Waals surface area contributed by atoms with Gasteiger partial charge in [0.15, 0.2) is 11.6 Å². The third-order valence-electron chi connectivity index (χ3n) is 3.69. The first-order valence-corrected chi connectivity index (χ1v) is 7.41. The van der Waals surface area contributed by atoms with Crippen molar-refractivity contribution < 1.29 is 13.5 Å². The van der Waals surface area contributed by atoms with Crippen LogP contribution in [0.25, 0.3) is 0 Å². The van der Waals surface area contributed by atoms with Crippen molar-refractivity contribution in [3.63, 3.8) is 0 Å². The zero-order valence-electron chi connectivity index (χ0n) is 11.4. The number of benzene rings is 2. The van der Waals surface area contributed by atoms with Crippen LogP contribution in [0.3, 0.4) is 0 Å². The topological polar surface area (TPSA) is 9.23 Å². The Morgan fingerprint density at radius 3 is 2.76 bits per heavy atom. The first kappa shape index (κ1) is 14.3. The van der Waals surface area contributed by atoms with Gasteiger partial charge in [-0.05, 0) is 54.2 Å². The summed E-state index contributed by atoms with van der Waals surface area (Å²) in [6.45, 7) is 0.755. The number of halogens is 3. The fraction of sp³-hybridized carbons (Fsp3) is 0.294. The van der Waals surface area contributed by atoms with E-state index in [1.54, 1.807) is 6.07 Å². The summed E-state index contributed by atoms with van der Waals surface area (Å²) < 4.78 is 31.7. The normalized spacial score (nSPS) is 15.2. The maximum absolute atomic E-state index is 13.2. The SMILES string of the molecule is Fc1ccc(CC(Cl)c2ccc3c(c2)CCCO3)cc1F. The van der Waals surface area contributed by atoms with Gasteiger partial charge in [0, 0.05) is 0 Å². The highest BCUT2D eigenvalue weighted by Gasteiger charge is 2.15. The number of hydrogen-bond acceptors (Lipinski definition) is 1. The molecular formula is C17H15ClF2O. The van der Waals surface area contributed by atoms with Crippen LogP contribution in [0.1, 0.15) is 28.5 Å². The van der Waals surface area contributed by atoms with E-state index in [1.807, 2.05) is 18.2 Å². The van der Waals surface area contributed by atoms with Crippen molar-refractivity contribution in [3.05, 3.63) is 64.7 Å². The Morgan fingerprint density at radius 1 is 1.10 bits per heavy atom. The molecule has 0 aliphatic carbocycles. The van der Waals surface area contributed by atoms with Crippen LogP contribution in [0, 0.1) is 11.6 Å². The minimum Gasteiger partial charge on any atom is -0.493 e. The summed E-state index contributed by atoms with van der Waals surface area (Å²) in [5, 5.41) is -0.276. The van der Waals surface area contributed by atoms with Gasteiger partial charge in [-0.25, -0.2) is 8.78 Å². The number of ether oxygens (including phenoxy) is 1. The number of rotatable bonds is 3. The fourth-order valence-corrected chi connectivity index (χ4v) is 2.88. The highest BCUT2D eigenvalue weighted by Crippen LogP contribution is 2.32. The molecule has 0 N–H and O–H groups in total. The maximum Gasteiger partial charge on any atom is 0.159 e. The van der Waals surface area contributed by atoms with Crippen molar-refractivity contribution in [1.29, 1.82) is 0 Å². The lowest BCUT2D eigenvalue weighted by Crippen LogP contribution is -2.09. The van der Waals surface area contributed by atoms with Crippen LogP contribution in [0.4, 0.5) is 8.78 Å². The van der Waals surface area contributed by atoms with Gasteiger partial charge in [0.1, 0.15) is 5.75 Å². The molecule has 2 aromatic rings. The number of alkyl halides is 1. The van der Waals surface area contributed by atoms with Gasteiger partial charge < -0.3 is 4.74 Å². The Labute approximate surface area is 127 Å². The first-order chi connectivity index (χ1) is 10.1. The summed E-state index contributed by atoms with van der Waals surface area (Å²) >= 11 is 6.42. The molecule has 0 spiro atoms. The van der Waals surface area contributed by atoms with E-state index >= 15 is 0 Å². The second-order valence-electron chi connectivity index (χ2n) is 5.24. The smallest absolute Gasteiger partial charge is 0.159 e. The molecule has 1 heterocycles. The van der Waals surface area contributed by atoms with Gasteiger partial charge >= 0.3 is 0 Å². The fourth-order valence-electron chi connectivity index (χ4n) is 2.57. The summed E-state index contributed by atoms with van der Waals surface area (Å²) in [5.41, 5.74) is 2.82. The number of aryl methyl sites for hydroxylation is 1. The summed E-state index contributed by atoms with van der Waals surface area (Å²) in [4.78, 5) is 0. The minimum atomic E-state index is -0.838. The van der Waals surface area contributed by atoms with Crippen molar-refractivity contribution in [2.24, 2.45) is 0 Å². The van der Waals surface area contributed by atoms with E-state index < -0.39 is 11.6 Å². The molecule has 1 aliphatic rings. The van der Waals surface area contributed by atoms with Crippen LogP contribution in [-0.4, -0.2) is 6.61 Å². The summed E-state index contributed by atoms with van der Waals surface area (Å²) in [5.74, 6) is -0.757. The average Bonchev–Trinajstić information content (AvgIpc) is 2.50. The van der Waals surface area contributed by atoms with Crippen LogP contribution >= 0.6 is 11.6 Å². The predicted molar refractivity (Wildman–Crippen MR) is 78.9 cm³/mol. The van der Waals surface area contributed by atoms with Gasteiger partial charge in [-0.15, -0.1) is 11.6 Å². The summed E-state index contributed by atoms with van der Waals surface area (Å²) in [6, 6.07) is 9.81. The van der Waals surface area contributed by atoms with E-state index in [-0.39, 0.29) is 5.38 Å². The molecule has 110 valence electrons. The first-order valence-electron chi connectivity index (χ1n) is 6.97. The molecule has 1 nitrogen and oxygen atoms in total. The molecule has 0 radical (unpaired) electrons. The van der Waals surface area contributed by atoms with Crippen molar-refractivity contribution in [2.75, 3.05) is 6.61 Å². The average molecular weight is 309 g/mol. The van der Waals surface area contributed by atoms with Crippen LogP contribution in [-0.2, 0) is 12.8 Å². The van der Waals surface area contributed by atoms with Gasteiger partial charge in [-0.1, -0.05) is 18.2 Å². The van der Waals surface area contributed by atoms with E-state index in [1.165, 1.54) is 6.07 Å². The van der Waals surface area contributed by atoms with E-state index in [0.717, 1.165) is 42.4 Å². The lowest BCUT2D eigenvalue weighted by molar-refractivity contribution is 0.288. The molecule has 1 aliphatic heterocycles. The zero-order valence-corrected chi connectivity index (χ0v) is 12.2.